The quantitative estimate of drug-likeness (QED) is 0.640. The van der Waals surface area contributed by atoms with E-state index < -0.39 is 15.9 Å². The van der Waals surface area contributed by atoms with Crippen molar-refractivity contribution in [3.8, 4) is 0 Å². The molecule has 0 heterocycles. The number of hydrogen-bond acceptors (Lipinski definition) is 4. The molecule has 1 amide bonds. The SMILES string of the molecule is Cc1ccc(S(=O)(=O)N(C)CC(=O)N/N=C\c2ccccc2)cc1. The summed E-state index contributed by atoms with van der Waals surface area (Å²) >= 11 is 0. The first kappa shape index (κ1) is 17.8. The van der Waals surface area contributed by atoms with E-state index in [1.165, 1.54) is 25.4 Å². The minimum atomic E-state index is -3.71. The second-order valence-electron chi connectivity index (χ2n) is 5.28. The Kier molecular flexibility index (Phi) is 5.83. The molecule has 2 rings (SSSR count). The van der Waals surface area contributed by atoms with Gasteiger partial charge in [0.2, 0.25) is 10.0 Å². The molecule has 0 fully saturated rings. The van der Waals surface area contributed by atoms with Crippen LogP contribution in [-0.4, -0.2) is 38.4 Å². The summed E-state index contributed by atoms with van der Waals surface area (Å²) in [6, 6.07) is 15.7. The van der Waals surface area contributed by atoms with Crippen molar-refractivity contribution in [2.45, 2.75) is 11.8 Å². The third kappa shape index (κ3) is 4.74. The molecule has 2 aromatic rings. The molecule has 0 bridgehead atoms. The topological polar surface area (TPSA) is 78.8 Å². The summed E-state index contributed by atoms with van der Waals surface area (Å²) in [5.41, 5.74) is 4.11. The van der Waals surface area contributed by atoms with E-state index in [4.69, 9.17) is 0 Å². The molecule has 1 N–H and O–H groups in total. The molecule has 0 aliphatic carbocycles. The van der Waals surface area contributed by atoms with Crippen LogP contribution in [-0.2, 0) is 14.8 Å². The van der Waals surface area contributed by atoms with Gasteiger partial charge in [-0.2, -0.15) is 9.41 Å². The maximum atomic E-state index is 12.4. The van der Waals surface area contributed by atoms with Crippen LogP contribution >= 0.6 is 0 Å². The van der Waals surface area contributed by atoms with Gasteiger partial charge < -0.3 is 0 Å². The van der Waals surface area contributed by atoms with Crippen molar-refractivity contribution in [3.05, 3.63) is 65.7 Å². The lowest BCUT2D eigenvalue weighted by molar-refractivity contribution is -0.121. The molecule has 0 aromatic heterocycles. The van der Waals surface area contributed by atoms with Gasteiger partial charge in [-0.25, -0.2) is 13.8 Å². The zero-order valence-electron chi connectivity index (χ0n) is 13.5. The zero-order chi connectivity index (χ0) is 17.6. The Morgan fingerprint density at radius 1 is 1.12 bits per heavy atom. The number of carbonyl (C=O) groups excluding carboxylic acids is 1. The smallest absolute Gasteiger partial charge is 0.255 e. The highest BCUT2D eigenvalue weighted by Crippen LogP contribution is 2.14. The fourth-order valence-electron chi connectivity index (χ4n) is 1.93. The van der Waals surface area contributed by atoms with Crippen LogP contribution in [0.4, 0.5) is 0 Å². The predicted molar refractivity (Wildman–Crippen MR) is 93.2 cm³/mol. The number of sulfonamides is 1. The Balaban J connectivity index is 1.95. The van der Waals surface area contributed by atoms with E-state index in [2.05, 4.69) is 10.5 Å². The van der Waals surface area contributed by atoms with Crippen LogP contribution in [0.15, 0.2) is 64.6 Å². The molecular weight excluding hydrogens is 326 g/mol. The van der Waals surface area contributed by atoms with Crippen LogP contribution in [0.5, 0.6) is 0 Å². The number of rotatable bonds is 6. The van der Waals surface area contributed by atoms with E-state index in [-0.39, 0.29) is 11.4 Å². The molecule has 0 unspecified atom stereocenters. The van der Waals surface area contributed by atoms with Crippen molar-refractivity contribution in [2.24, 2.45) is 5.10 Å². The van der Waals surface area contributed by atoms with Crippen LogP contribution < -0.4 is 5.43 Å². The van der Waals surface area contributed by atoms with Crippen LogP contribution in [0.25, 0.3) is 0 Å². The number of nitrogens with one attached hydrogen (secondary N) is 1. The van der Waals surface area contributed by atoms with Gasteiger partial charge in [0.05, 0.1) is 17.7 Å². The fraction of sp³-hybridized carbons (Fsp3) is 0.176. The van der Waals surface area contributed by atoms with Gasteiger partial charge in [-0.3, -0.25) is 4.79 Å². The van der Waals surface area contributed by atoms with Crippen LogP contribution in [0.1, 0.15) is 11.1 Å². The summed E-state index contributed by atoms with van der Waals surface area (Å²) in [5, 5.41) is 3.81. The summed E-state index contributed by atoms with van der Waals surface area (Å²) in [5.74, 6) is -0.514. The summed E-state index contributed by atoms with van der Waals surface area (Å²) < 4.78 is 25.8. The van der Waals surface area contributed by atoms with Crippen molar-refractivity contribution in [2.75, 3.05) is 13.6 Å². The standard InChI is InChI=1S/C17H19N3O3S/c1-14-8-10-16(11-9-14)24(22,23)20(2)13-17(21)19-18-12-15-6-4-3-5-7-15/h3-12H,13H2,1-2H3,(H,19,21)/b18-12-. The van der Waals surface area contributed by atoms with E-state index in [1.54, 1.807) is 12.1 Å². The highest BCUT2D eigenvalue weighted by atomic mass is 32.2. The van der Waals surface area contributed by atoms with Gasteiger partial charge in [-0.05, 0) is 24.6 Å². The molecule has 0 radical (unpaired) electrons. The van der Waals surface area contributed by atoms with Crippen molar-refractivity contribution in [1.29, 1.82) is 0 Å². The predicted octanol–water partition coefficient (Wildman–Crippen LogP) is 1.77. The Hall–Kier alpha value is -2.51. The third-order valence-electron chi connectivity index (χ3n) is 3.30. The Morgan fingerprint density at radius 3 is 2.38 bits per heavy atom. The number of benzene rings is 2. The van der Waals surface area contributed by atoms with Gasteiger partial charge in [0.25, 0.3) is 5.91 Å². The van der Waals surface area contributed by atoms with E-state index in [9.17, 15) is 13.2 Å². The number of aryl methyl sites for hydroxylation is 1. The average Bonchev–Trinajstić information content (AvgIpc) is 2.56. The van der Waals surface area contributed by atoms with Crippen LogP contribution in [0.2, 0.25) is 0 Å². The highest BCUT2D eigenvalue weighted by molar-refractivity contribution is 7.89. The lowest BCUT2D eigenvalue weighted by atomic mass is 10.2. The molecular formula is C17H19N3O3S. The Morgan fingerprint density at radius 2 is 1.75 bits per heavy atom. The maximum Gasteiger partial charge on any atom is 0.255 e. The zero-order valence-corrected chi connectivity index (χ0v) is 14.3. The maximum absolute atomic E-state index is 12.4. The van der Waals surface area contributed by atoms with Gasteiger partial charge in [0.1, 0.15) is 0 Å². The first-order valence-electron chi connectivity index (χ1n) is 7.29. The minimum absolute atomic E-state index is 0.149. The molecule has 7 heteroatoms. The molecule has 6 nitrogen and oxygen atoms in total. The lowest BCUT2D eigenvalue weighted by Gasteiger charge is -2.16. The normalized spacial score (nSPS) is 11.8. The van der Waals surface area contributed by atoms with Crippen molar-refractivity contribution >= 4 is 22.1 Å². The second-order valence-corrected chi connectivity index (χ2v) is 7.32. The molecule has 0 atom stereocenters. The van der Waals surface area contributed by atoms with E-state index >= 15 is 0 Å². The van der Waals surface area contributed by atoms with Gasteiger partial charge in [-0.1, -0.05) is 48.0 Å². The average molecular weight is 345 g/mol. The fourth-order valence-corrected chi connectivity index (χ4v) is 3.06. The lowest BCUT2D eigenvalue weighted by Crippen LogP contribution is -2.36. The van der Waals surface area contributed by atoms with Gasteiger partial charge in [0.15, 0.2) is 0 Å². The molecule has 126 valence electrons. The minimum Gasteiger partial charge on any atom is -0.272 e. The second kappa shape index (κ2) is 7.85. The summed E-state index contributed by atoms with van der Waals surface area (Å²) in [6.07, 6.45) is 1.49. The van der Waals surface area contributed by atoms with Crippen LogP contribution in [0, 0.1) is 6.92 Å². The number of likely N-dealkylation sites (N-methyl/N-ethyl adjacent to an activating group) is 1. The van der Waals surface area contributed by atoms with E-state index in [1.807, 2.05) is 37.3 Å². The summed E-state index contributed by atoms with van der Waals surface area (Å²) in [6.45, 7) is 1.56. The molecule has 0 saturated carbocycles. The molecule has 0 aliphatic rings. The molecule has 0 spiro atoms. The first-order chi connectivity index (χ1) is 11.4. The summed E-state index contributed by atoms with van der Waals surface area (Å²) in [4.78, 5) is 12.0. The molecule has 0 aliphatic heterocycles. The van der Waals surface area contributed by atoms with Gasteiger partial charge in [-0.15, -0.1) is 0 Å². The number of hydrazone groups is 1. The van der Waals surface area contributed by atoms with Gasteiger partial charge in [0, 0.05) is 7.05 Å². The molecule has 24 heavy (non-hydrogen) atoms. The van der Waals surface area contributed by atoms with Crippen molar-refractivity contribution in [1.82, 2.24) is 9.73 Å². The first-order valence-corrected chi connectivity index (χ1v) is 8.73. The number of amides is 1. The number of carbonyl (C=O) groups is 1. The molecule has 0 saturated heterocycles. The van der Waals surface area contributed by atoms with E-state index in [0.717, 1.165) is 15.4 Å². The monoisotopic (exact) mass is 345 g/mol. The van der Waals surface area contributed by atoms with Crippen LogP contribution in [0.3, 0.4) is 0 Å². The highest BCUT2D eigenvalue weighted by Gasteiger charge is 2.22. The largest absolute Gasteiger partial charge is 0.272 e. The number of nitrogens with zero attached hydrogens (tertiary/aromatic N) is 2. The van der Waals surface area contributed by atoms with E-state index in [0.29, 0.717) is 0 Å². The third-order valence-corrected chi connectivity index (χ3v) is 5.12. The van der Waals surface area contributed by atoms with Crippen molar-refractivity contribution in [3.63, 3.8) is 0 Å². The van der Waals surface area contributed by atoms with Crippen molar-refractivity contribution < 1.29 is 13.2 Å². The number of hydrogen-bond donors (Lipinski definition) is 1. The summed E-state index contributed by atoms with van der Waals surface area (Å²) in [7, 11) is -2.35. The Bertz CT molecular complexity index is 816. The Labute approximate surface area is 141 Å². The molecule has 2 aromatic carbocycles. The van der Waals surface area contributed by atoms with Gasteiger partial charge >= 0.3 is 0 Å².